The fourth-order valence-electron chi connectivity index (χ4n) is 1.20. The molecule has 0 saturated heterocycles. The zero-order valence-corrected chi connectivity index (χ0v) is 9.10. The van der Waals surface area contributed by atoms with Crippen LogP contribution in [0.25, 0.3) is 0 Å². The van der Waals surface area contributed by atoms with Crippen molar-refractivity contribution in [2.75, 3.05) is 24.6 Å². The topological polar surface area (TPSA) is 133 Å². The number of rotatable bonds is 4. The molecular formula is C10H14N4O3. The van der Waals surface area contributed by atoms with E-state index in [9.17, 15) is 9.59 Å². The van der Waals surface area contributed by atoms with E-state index in [4.69, 9.17) is 17.2 Å². The summed E-state index contributed by atoms with van der Waals surface area (Å²) in [6, 6.07) is 4.59. The van der Waals surface area contributed by atoms with E-state index in [0.717, 1.165) is 0 Å². The van der Waals surface area contributed by atoms with E-state index >= 15 is 0 Å². The Labute approximate surface area is 97.9 Å². The minimum atomic E-state index is -0.883. The highest BCUT2D eigenvalue weighted by Gasteiger charge is 2.09. The van der Waals surface area contributed by atoms with Crippen LogP contribution < -0.4 is 22.5 Å². The Bertz CT molecular complexity index is 434. The molecule has 2 amide bonds. The number of hydrogen-bond donors (Lipinski definition) is 4. The first-order chi connectivity index (χ1) is 8.00. The second-order valence-electron chi connectivity index (χ2n) is 3.27. The lowest BCUT2D eigenvalue weighted by Gasteiger charge is -2.07. The number of carbonyl (C=O) groups excluding carboxylic acids is 2. The van der Waals surface area contributed by atoms with Crippen LogP contribution in [0.15, 0.2) is 18.2 Å². The zero-order valence-electron chi connectivity index (χ0n) is 9.10. The number of nitrogens with one attached hydrogen (secondary N) is 1. The number of benzene rings is 1. The van der Waals surface area contributed by atoms with Crippen LogP contribution in [0, 0.1) is 0 Å². The van der Waals surface area contributed by atoms with Crippen LogP contribution in [0.2, 0.25) is 0 Å². The number of anilines is 2. The molecule has 0 aliphatic carbocycles. The Balaban J connectivity index is 2.50. The van der Waals surface area contributed by atoms with Gasteiger partial charge in [0, 0.05) is 11.4 Å². The molecule has 0 spiro atoms. The van der Waals surface area contributed by atoms with Gasteiger partial charge in [0.25, 0.3) is 5.91 Å². The first kappa shape index (κ1) is 12.6. The van der Waals surface area contributed by atoms with E-state index in [2.05, 4.69) is 10.1 Å². The van der Waals surface area contributed by atoms with Crippen LogP contribution in [-0.2, 0) is 4.74 Å². The SMILES string of the molecule is NC(=O)OCCNC(=O)c1ccc(N)cc1N. The molecule has 0 aliphatic rings. The lowest BCUT2D eigenvalue weighted by molar-refractivity contribution is 0.0937. The molecule has 0 saturated carbocycles. The molecule has 7 heteroatoms. The van der Waals surface area contributed by atoms with E-state index in [1.165, 1.54) is 12.1 Å². The van der Waals surface area contributed by atoms with Crippen molar-refractivity contribution in [3.63, 3.8) is 0 Å². The molecule has 0 aromatic heterocycles. The summed E-state index contributed by atoms with van der Waals surface area (Å²) in [6.45, 7) is 0.168. The highest BCUT2D eigenvalue weighted by molar-refractivity contribution is 5.99. The fraction of sp³-hybridized carbons (Fsp3) is 0.200. The predicted octanol–water partition coefficient (Wildman–Crippen LogP) is -0.324. The number of nitrogen functional groups attached to an aromatic ring is 2. The molecule has 0 atom stereocenters. The van der Waals surface area contributed by atoms with Crippen molar-refractivity contribution in [3.05, 3.63) is 23.8 Å². The van der Waals surface area contributed by atoms with Gasteiger partial charge in [-0.3, -0.25) is 4.79 Å². The van der Waals surface area contributed by atoms with Crippen molar-refractivity contribution in [1.29, 1.82) is 0 Å². The molecule has 17 heavy (non-hydrogen) atoms. The van der Waals surface area contributed by atoms with Crippen LogP contribution in [0.1, 0.15) is 10.4 Å². The van der Waals surface area contributed by atoms with Gasteiger partial charge >= 0.3 is 6.09 Å². The second kappa shape index (κ2) is 5.59. The van der Waals surface area contributed by atoms with Crippen LogP contribution in [0.5, 0.6) is 0 Å². The standard InChI is InChI=1S/C10H14N4O3/c11-6-1-2-7(8(12)5-6)9(15)14-3-4-17-10(13)16/h1-2,5H,3-4,11-12H2,(H2,13,16)(H,14,15). The summed E-state index contributed by atoms with van der Waals surface area (Å²) in [5.74, 6) is -0.365. The van der Waals surface area contributed by atoms with E-state index < -0.39 is 6.09 Å². The fourth-order valence-corrected chi connectivity index (χ4v) is 1.20. The molecule has 0 heterocycles. The molecule has 7 nitrogen and oxygen atoms in total. The summed E-state index contributed by atoms with van der Waals surface area (Å²) >= 11 is 0. The Morgan fingerprint density at radius 3 is 2.59 bits per heavy atom. The quantitative estimate of drug-likeness (QED) is 0.421. The summed E-state index contributed by atoms with van der Waals surface area (Å²) in [5.41, 5.74) is 17.0. The van der Waals surface area contributed by atoms with Crippen LogP contribution in [0.4, 0.5) is 16.2 Å². The van der Waals surface area contributed by atoms with Crippen molar-refractivity contribution in [1.82, 2.24) is 5.32 Å². The third-order valence-electron chi connectivity index (χ3n) is 1.95. The molecule has 1 aromatic rings. The first-order valence-electron chi connectivity index (χ1n) is 4.86. The second-order valence-corrected chi connectivity index (χ2v) is 3.27. The van der Waals surface area contributed by atoms with Crippen LogP contribution >= 0.6 is 0 Å². The van der Waals surface area contributed by atoms with Crippen LogP contribution in [0.3, 0.4) is 0 Å². The van der Waals surface area contributed by atoms with Gasteiger partial charge in [0.1, 0.15) is 6.61 Å². The van der Waals surface area contributed by atoms with Gasteiger partial charge in [-0.2, -0.15) is 0 Å². The molecule has 1 aromatic carbocycles. The van der Waals surface area contributed by atoms with Gasteiger partial charge in [-0.1, -0.05) is 0 Å². The number of ether oxygens (including phenoxy) is 1. The Hall–Kier alpha value is -2.44. The number of primary amides is 1. The minimum absolute atomic E-state index is 0.00987. The maximum absolute atomic E-state index is 11.6. The molecule has 1 rings (SSSR count). The molecule has 92 valence electrons. The monoisotopic (exact) mass is 238 g/mol. The van der Waals surface area contributed by atoms with E-state index in [-0.39, 0.29) is 19.1 Å². The number of nitrogens with two attached hydrogens (primary N) is 3. The van der Waals surface area contributed by atoms with Gasteiger partial charge in [0.15, 0.2) is 0 Å². The normalized spacial score (nSPS) is 9.65. The van der Waals surface area contributed by atoms with Gasteiger partial charge < -0.3 is 27.3 Å². The van der Waals surface area contributed by atoms with E-state index in [1.54, 1.807) is 6.07 Å². The molecule has 0 unspecified atom stereocenters. The van der Waals surface area contributed by atoms with Gasteiger partial charge in [-0.25, -0.2) is 4.79 Å². The van der Waals surface area contributed by atoms with Gasteiger partial charge in [-0.05, 0) is 18.2 Å². The summed E-state index contributed by atoms with van der Waals surface area (Å²) < 4.78 is 4.45. The molecule has 0 bridgehead atoms. The summed E-state index contributed by atoms with van der Waals surface area (Å²) in [7, 11) is 0. The Morgan fingerprint density at radius 1 is 1.29 bits per heavy atom. The van der Waals surface area contributed by atoms with Crippen molar-refractivity contribution < 1.29 is 14.3 Å². The molecule has 0 radical (unpaired) electrons. The van der Waals surface area contributed by atoms with Crippen molar-refractivity contribution in [2.24, 2.45) is 5.73 Å². The highest BCUT2D eigenvalue weighted by atomic mass is 16.5. The zero-order chi connectivity index (χ0) is 12.8. The molecular weight excluding hydrogens is 224 g/mol. The van der Waals surface area contributed by atoms with E-state index in [1.807, 2.05) is 0 Å². The van der Waals surface area contributed by atoms with Gasteiger partial charge in [0.05, 0.1) is 12.1 Å². The van der Waals surface area contributed by atoms with Crippen molar-refractivity contribution in [2.45, 2.75) is 0 Å². The number of hydrogen-bond acceptors (Lipinski definition) is 5. The van der Waals surface area contributed by atoms with Gasteiger partial charge in [0.2, 0.25) is 0 Å². The smallest absolute Gasteiger partial charge is 0.404 e. The number of amides is 2. The largest absolute Gasteiger partial charge is 0.448 e. The maximum Gasteiger partial charge on any atom is 0.404 e. The summed E-state index contributed by atoms with van der Waals surface area (Å²) in [6.07, 6.45) is -0.883. The number of carbonyl (C=O) groups is 2. The third-order valence-corrected chi connectivity index (χ3v) is 1.95. The van der Waals surface area contributed by atoms with E-state index in [0.29, 0.717) is 16.9 Å². The van der Waals surface area contributed by atoms with Crippen molar-refractivity contribution >= 4 is 23.4 Å². The first-order valence-corrected chi connectivity index (χ1v) is 4.86. The van der Waals surface area contributed by atoms with Crippen molar-refractivity contribution in [3.8, 4) is 0 Å². The maximum atomic E-state index is 11.6. The van der Waals surface area contributed by atoms with Crippen LogP contribution in [-0.4, -0.2) is 25.2 Å². The predicted molar refractivity (Wildman–Crippen MR) is 63.1 cm³/mol. The summed E-state index contributed by atoms with van der Waals surface area (Å²) in [4.78, 5) is 21.9. The van der Waals surface area contributed by atoms with Gasteiger partial charge in [-0.15, -0.1) is 0 Å². The Kier molecular flexibility index (Phi) is 4.15. The highest BCUT2D eigenvalue weighted by Crippen LogP contribution is 2.15. The average Bonchev–Trinajstić information content (AvgIpc) is 2.23. The minimum Gasteiger partial charge on any atom is -0.448 e. The molecule has 0 aliphatic heterocycles. The lowest BCUT2D eigenvalue weighted by Crippen LogP contribution is -2.29. The molecule has 7 N–H and O–H groups in total. The lowest BCUT2D eigenvalue weighted by atomic mass is 10.1. The average molecular weight is 238 g/mol. The third kappa shape index (κ3) is 3.90. The molecule has 0 fully saturated rings. The Morgan fingerprint density at radius 2 is 2.00 bits per heavy atom. The summed E-state index contributed by atoms with van der Waals surface area (Å²) in [5, 5.41) is 2.52.